The molecular formula is C59H44N4. The Hall–Kier alpha value is -7.34. The van der Waals surface area contributed by atoms with Crippen LogP contribution in [0.2, 0.25) is 0 Å². The van der Waals surface area contributed by atoms with Crippen LogP contribution in [0.25, 0.3) is 44.7 Å². The van der Waals surface area contributed by atoms with Crippen molar-refractivity contribution in [2.75, 3.05) is 0 Å². The van der Waals surface area contributed by atoms with Crippen LogP contribution in [0, 0.1) is 0 Å². The molecule has 3 atom stereocenters. The molecule has 0 saturated carbocycles. The molecule has 0 radical (unpaired) electrons. The van der Waals surface area contributed by atoms with Gasteiger partial charge in [0.2, 0.25) is 0 Å². The lowest BCUT2D eigenvalue weighted by atomic mass is 9.70. The van der Waals surface area contributed by atoms with Gasteiger partial charge in [0.15, 0.2) is 0 Å². The molecule has 13 rings (SSSR count). The Morgan fingerprint density at radius 1 is 0.365 bits per heavy atom. The van der Waals surface area contributed by atoms with Crippen molar-refractivity contribution in [3.63, 3.8) is 0 Å². The van der Waals surface area contributed by atoms with E-state index in [0.717, 1.165) is 11.3 Å². The summed E-state index contributed by atoms with van der Waals surface area (Å²) in [6.45, 7) is 0. The van der Waals surface area contributed by atoms with Crippen molar-refractivity contribution in [3.05, 3.63) is 273 Å². The third-order valence-electron chi connectivity index (χ3n) is 14.0. The largest absolute Gasteiger partial charge is 0.374 e. The molecule has 1 saturated heterocycles. The van der Waals surface area contributed by atoms with E-state index >= 15 is 0 Å². The molecule has 2 aliphatic heterocycles. The number of nitrogens with one attached hydrogen (secondary N) is 4. The van der Waals surface area contributed by atoms with Crippen molar-refractivity contribution in [1.29, 1.82) is 0 Å². The number of allylic oxidation sites excluding steroid dienone is 2. The summed E-state index contributed by atoms with van der Waals surface area (Å²) < 4.78 is 0. The molecule has 8 aromatic carbocycles. The van der Waals surface area contributed by atoms with Crippen molar-refractivity contribution < 1.29 is 0 Å². The van der Waals surface area contributed by atoms with Crippen molar-refractivity contribution in [1.82, 2.24) is 21.3 Å². The third-order valence-corrected chi connectivity index (χ3v) is 14.0. The molecule has 1 spiro atoms. The van der Waals surface area contributed by atoms with Gasteiger partial charge in [0.05, 0.1) is 35.7 Å². The fourth-order valence-electron chi connectivity index (χ4n) is 11.3. The van der Waals surface area contributed by atoms with Crippen LogP contribution < -0.4 is 31.7 Å². The van der Waals surface area contributed by atoms with Gasteiger partial charge in [0.1, 0.15) is 0 Å². The Labute approximate surface area is 367 Å². The molecule has 0 amide bonds. The fraction of sp³-hybridized carbons (Fsp3) is 0.0847. The molecule has 4 nitrogen and oxygen atoms in total. The molecule has 5 aliphatic rings. The summed E-state index contributed by atoms with van der Waals surface area (Å²) in [6, 6.07) is 72.0. The predicted molar refractivity (Wildman–Crippen MR) is 256 cm³/mol. The lowest BCUT2D eigenvalue weighted by molar-refractivity contribution is 0.203. The zero-order valence-electron chi connectivity index (χ0n) is 34.6. The van der Waals surface area contributed by atoms with E-state index in [1.807, 2.05) is 0 Å². The Morgan fingerprint density at radius 3 is 1.51 bits per heavy atom. The Balaban J connectivity index is 1.02. The lowest BCUT2D eigenvalue weighted by Crippen LogP contribution is -2.54. The van der Waals surface area contributed by atoms with Crippen LogP contribution in [-0.2, 0) is 5.41 Å². The standard InChI is InChI=1S/C59H44N4/c1-3-17-37(18-4-1)56-61-57(38-19-5-2-6-20-38)63-58(62-56)42-34-40(33-41(35-42)55-48-26-8-7-21-43(48)47-25-12-16-30-54(47)60-55)39-31-32-53-49(36-39)46-24-11-15-29-52(46)59(53)50-27-13-9-22-44(50)45-23-10-14-28-51(45)59/h1-36,54,56-58,60-63H. The number of hydrogen-bond donors (Lipinski definition) is 4. The van der Waals surface area contributed by atoms with Crippen LogP contribution in [0.15, 0.2) is 218 Å². The number of rotatable bonds is 5. The van der Waals surface area contributed by atoms with Crippen LogP contribution in [0.4, 0.5) is 0 Å². The van der Waals surface area contributed by atoms with Gasteiger partial charge in [0, 0.05) is 5.22 Å². The summed E-state index contributed by atoms with van der Waals surface area (Å²) in [5, 5.41) is 18.3. The minimum atomic E-state index is -0.381. The van der Waals surface area contributed by atoms with E-state index in [-0.39, 0.29) is 30.0 Å². The minimum Gasteiger partial charge on any atom is -0.374 e. The van der Waals surface area contributed by atoms with E-state index < -0.39 is 0 Å². The number of fused-ring (bicyclic) bond motifs is 12. The van der Waals surface area contributed by atoms with Gasteiger partial charge in [-0.05, 0) is 113 Å². The highest BCUT2D eigenvalue weighted by Crippen LogP contribution is 2.63. The summed E-state index contributed by atoms with van der Waals surface area (Å²) >= 11 is 0. The summed E-state index contributed by atoms with van der Waals surface area (Å²) in [4.78, 5) is 0. The molecule has 4 N–H and O–H groups in total. The summed E-state index contributed by atoms with van der Waals surface area (Å²) in [5.41, 5.74) is 19.8. The van der Waals surface area contributed by atoms with Gasteiger partial charge in [-0.25, -0.2) is 0 Å². The SMILES string of the molecule is C1=CC2=c3ccccc3=C(c3cc(-c4ccc5c(c4)-c4ccccc4C54c5ccccc5-c5ccccc54)cc(C4NC(c5ccccc5)NC(c5ccccc5)N4)c3)NC2C=C1. The molecule has 2 heterocycles. The fourth-order valence-corrected chi connectivity index (χ4v) is 11.3. The summed E-state index contributed by atoms with van der Waals surface area (Å²) in [5.74, 6) is 0. The van der Waals surface area contributed by atoms with Crippen molar-refractivity contribution in [3.8, 4) is 33.4 Å². The summed E-state index contributed by atoms with van der Waals surface area (Å²) in [6.07, 6.45) is 8.48. The van der Waals surface area contributed by atoms with Crippen molar-refractivity contribution >= 4 is 11.3 Å². The van der Waals surface area contributed by atoms with E-state index in [4.69, 9.17) is 0 Å². The van der Waals surface area contributed by atoms with Crippen LogP contribution in [-0.4, -0.2) is 6.04 Å². The first-order valence-corrected chi connectivity index (χ1v) is 22.1. The molecular weight excluding hydrogens is 765 g/mol. The normalized spacial score (nSPS) is 20.6. The Kier molecular flexibility index (Phi) is 8.28. The van der Waals surface area contributed by atoms with Gasteiger partial charge in [-0.2, -0.15) is 0 Å². The maximum absolute atomic E-state index is 4.00. The second-order valence-corrected chi connectivity index (χ2v) is 17.4. The zero-order chi connectivity index (χ0) is 41.5. The second kappa shape index (κ2) is 14.4. The van der Waals surface area contributed by atoms with E-state index in [0.29, 0.717) is 0 Å². The van der Waals surface area contributed by atoms with Crippen molar-refractivity contribution in [2.24, 2.45) is 0 Å². The smallest absolute Gasteiger partial charge is 0.0865 e. The topological polar surface area (TPSA) is 48.1 Å². The first kappa shape index (κ1) is 36.3. The third kappa shape index (κ3) is 5.59. The first-order chi connectivity index (χ1) is 31.2. The molecule has 3 aliphatic carbocycles. The molecule has 1 fully saturated rings. The molecule has 4 heteroatoms. The van der Waals surface area contributed by atoms with E-state index in [9.17, 15) is 0 Å². The molecule has 300 valence electrons. The van der Waals surface area contributed by atoms with Gasteiger partial charge in [-0.1, -0.05) is 194 Å². The van der Waals surface area contributed by atoms with E-state index in [2.05, 4.69) is 240 Å². The minimum absolute atomic E-state index is 0.0805. The number of benzene rings is 8. The van der Waals surface area contributed by atoms with E-state index in [1.54, 1.807) is 0 Å². The van der Waals surface area contributed by atoms with Gasteiger partial charge >= 0.3 is 0 Å². The van der Waals surface area contributed by atoms with Crippen LogP contribution in [0.1, 0.15) is 63.0 Å². The van der Waals surface area contributed by atoms with Crippen molar-refractivity contribution in [2.45, 2.75) is 30.0 Å². The predicted octanol–water partition coefficient (Wildman–Crippen LogP) is 10.3. The van der Waals surface area contributed by atoms with Gasteiger partial charge in [0.25, 0.3) is 0 Å². The van der Waals surface area contributed by atoms with Crippen LogP contribution in [0.5, 0.6) is 0 Å². The van der Waals surface area contributed by atoms with Gasteiger partial charge in [-0.3, -0.25) is 16.0 Å². The van der Waals surface area contributed by atoms with Gasteiger partial charge < -0.3 is 5.32 Å². The summed E-state index contributed by atoms with van der Waals surface area (Å²) in [7, 11) is 0. The Bertz CT molecular complexity index is 3240. The maximum atomic E-state index is 4.00. The molecule has 8 aromatic rings. The average Bonchev–Trinajstić information content (AvgIpc) is 3.83. The van der Waals surface area contributed by atoms with Crippen LogP contribution in [0.3, 0.4) is 0 Å². The Morgan fingerprint density at radius 2 is 0.873 bits per heavy atom. The highest BCUT2D eigenvalue weighted by Gasteiger charge is 2.51. The van der Waals surface area contributed by atoms with Gasteiger partial charge in [-0.15, -0.1) is 0 Å². The molecule has 63 heavy (non-hydrogen) atoms. The average molecular weight is 809 g/mol. The quantitative estimate of drug-likeness (QED) is 0.140. The maximum Gasteiger partial charge on any atom is 0.0865 e. The monoisotopic (exact) mass is 808 g/mol. The number of hydrogen-bond acceptors (Lipinski definition) is 4. The zero-order valence-corrected chi connectivity index (χ0v) is 34.6. The van der Waals surface area contributed by atoms with Crippen LogP contribution >= 0.6 is 0 Å². The highest BCUT2D eigenvalue weighted by atomic mass is 15.4. The van der Waals surface area contributed by atoms with E-state index in [1.165, 1.54) is 88.3 Å². The highest BCUT2D eigenvalue weighted by molar-refractivity contribution is 5.96. The lowest BCUT2D eigenvalue weighted by Gasteiger charge is -2.40. The first-order valence-electron chi connectivity index (χ1n) is 22.1. The second-order valence-electron chi connectivity index (χ2n) is 17.4. The molecule has 0 bridgehead atoms. The molecule has 0 aromatic heterocycles. The molecule has 3 unspecified atom stereocenters.